The molecule has 0 amide bonds. The standard InChI is InChI=1S/C10H8O3/c11-5-9-8-4-2-1-3-7(8)6-13-10(9)12/h1-5,11H,6H2/b9-5+. The first kappa shape index (κ1) is 7.86. The predicted octanol–water partition coefficient (Wildman–Crippen LogP) is 1.64. The summed E-state index contributed by atoms with van der Waals surface area (Å²) in [5, 5.41) is 8.85. The summed E-state index contributed by atoms with van der Waals surface area (Å²) < 4.78 is 4.84. The van der Waals surface area contributed by atoms with Crippen LogP contribution in [0.3, 0.4) is 0 Å². The molecular formula is C10H8O3. The topological polar surface area (TPSA) is 46.5 Å². The Balaban J connectivity index is 2.58. The molecule has 1 aromatic rings. The summed E-state index contributed by atoms with van der Waals surface area (Å²) in [7, 11) is 0. The molecule has 66 valence electrons. The quantitative estimate of drug-likeness (QED) is 0.371. The molecule has 1 aliphatic rings. The van der Waals surface area contributed by atoms with E-state index in [-0.39, 0.29) is 12.2 Å². The van der Waals surface area contributed by atoms with Crippen molar-refractivity contribution in [3.05, 3.63) is 41.7 Å². The second kappa shape index (κ2) is 2.94. The molecule has 13 heavy (non-hydrogen) atoms. The summed E-state index contributed by atoms with van der Waals surface area (Å²) >= 11 is 0. The number of carbonyl (C=O) groups is 1. The number of carbonyl (C=O) groups excluding carboxylic acids is 1. The van der Waals surface area contributed by atoms with E-state index < -0.39 is 5.97 Å². The van der Waals surface area contributed by atoms with Gasteiger partial charge >= 0.3 is 5.97 Å². The molecular weight excluding hydrogens is 168 g/mol. The van der Waals surface area contributed by atoms with Crippen LogP contribution in [0.2, 0.25) is 0 Å². The molecule has 0 radical (unpaired) electrons. The van der Waals surface area contributed by atoms with Crippen molar-refractivity contribution >= 4 is 11.5 Å². The van der Waals surface area contributed by atoms with Crippen molar-refractivity contribution in [3.8, 4) is 0 Å². The van der Waals surface area contributed by atoms with E-state index in [1.54, 1.807) is 6.07 Å². The Morgan fingerprint density at radius 1 is 1.38 bits per heavy atom. The summed E-state index contributed by atoms with van der Waals surface area (Å²) in [4.78, 5) is 11.1. The third-order valence-electron chi connectivity index (χ3n) is 2.02. The van der Waals surface area contributed by atoms with E-state index in [9.17, 15) is 4.79 Å². The number of hydrogen-bond donors (Lipinski definition) is 1. The van der Waals surface area contributed by atoms with Gasteiger partial charge in [-0.3, -0.25) is 0 Å². The number of aliphatic hydroxyl groups is 1. The Hall–Kier alpha value is -1.77. The van der Waals surface area contributed by atoms with E-state index >= 15 is 0 Å². The SMILES string of the molecule is O=C1OCc2ccccc2/C1=C\O. The molecule has 0 fully saturated rings. The highest BCUT2D eigenvalue weighted by molar-refractivity contribution is 6.17. The van der Waals surface area contributed by atoms with Gasteiger partial charge in [-0.25, -0.2) is 4.79 Å². The van der Waals surface area contributed by atoms with Gasteiger partial charge in [-0.05, 0) is 11.1 Å². The Kier molecular flexibility index (Phi) is 1.77. The van der Waals surface area contributed by atoms with Gasteiger partial charge in [0.25, 0.3) is 0 Å². The van der Waals surface area contributed by atoms with Crippen LogP contribution in [-0.4, -0.2) is 11.1 Å². The van der Waals surface area contributed by atoms with Crippen molar-refractivity contribution in [2.75, 3.05) is 0 Å². The molecule has 3 nitrogen and oxygen atoms in total. The fourth-order valence-corrected chi connectivity index (χ4v) is 1.36. The number of hydrogen-bond acceptors (Lipinski definition) is 3. The summed E-state index contributed by atoms with van der Waals surface area (Å²) in [6, 6.07) is 7.34. The van der Waals surface area contributed by atoms with Gasteiger partial charge in [0.05, 0.1) is 6.26 Å². The lowest BCUT2D eigenvalue weighted by Gasteiger charge is -2.17. The van der Waals surface area contributed by atoms with Crippen LogP contribution < -0.4 is 0 Å². The van der Waals surface area contributed by atoms with Gasteiger partial charge in [0.15, 0.2) is 0 Å². The summed E-state index contributed by atoms with van der Waals surface area (Å²) in [5.74, 6) is -0.471. The van der Waals surface area contributed by atoms with Crippen molar-refractivity contribution in [1.82, 2.24) is 0 Å². The van der Waals surface area contributed by atoms with Gasteiger partial charge in [-0.2, -0.15) is 0 Å². The first-order chi connectivity index (χ1) is 6.33. The van der Waals surface area contributed by atoms with E-state index in [4.69, 9.17) is 9.84 Å². The zero-order valence-electron chi connectivity index (χ0n) is 6.86. The number of benzene rings is 1. The van der Waals surface area contributed by atoms with E-state index in [1.807, 2.05) is 18.2 Å². The molecule has 1 N–H and O–H groups in total. The number of ether oxygens (including phenoxy) is 1. The van der Waals surface area contributed by atoms with E-state index in [1.165, 1.54) is 0 Å². The van der Waals surface area contributed by atoms with E-state index in [0.717, 1.165) is 17.4 Å². The van der Waals surface area contributed by atoms with Gasteiger partial charge in [0, 0.05) is 0 Å². The summed E-state index contributed by atoms with van der Waals surface area (Å²) in [6.07, 6.45) is 0.792. The average molecular weight is 176 g/mol. The molecule has 1 heterocycles. The van der Waals surface area contributed by atoms with E-state index in [2.05, 4.69) is 0 Å². The van der Waals surface area contributed by atoms with E-state index in [0.29, 0.717) is 0 Å². The highest BCUT2D eigenvalue weighted by Crippen LogP contribution is 2.25. The second-order valence-corrected chi connectivity index (χ2v) is 2.78. The molecule has 0 saturated heterocycles. The zero-order chi connectivity index (χ0) is 9.26. The van der Waals surface area contributed by atoms with Crippen molar-refractivity contribution in [2.24, 2.45) is 0 Å². The smallest absolute Gasteiger partial charge is 0.342 e. The molecule has 0 saturated carbocycles. The van der Waals surface area contributed by atoms with Gasteiger partial charge in [0.2, 0.25) is 0 Å². The van der Waals surface area contributed by atoms with Crippen molar-refractivity contribution in [2.45, 2.75) is 6.61 Å². The Labute approximate surface area is 75.3 Å². The average Bonchev–Trinajstić information content (AvgIpc) is 2.18. The van der Waals surface area contributed by atoms with Crippen LogP contribution >= 0.6 is 0 Å². The lowest BCUT2D eigenvalue weighted by atomic mass is 9.99. The predicted molar refractivity (Wildman–Crippen MR) is 46.8 cm³/mol. The number of rotatable bonds is 0. The lowest BCUT2D eigenvalue weighted by molar-refractivity contribution is -0.138. The van der Waals surface area contributed by atoms with Crippen LogP contribution in [0.15, 0.2) is 30.5 Å². The van der Waals surface area contributed by atoms with Gasteiger partial charge in [-0.1, -0.05) is 24.3 Å². The molecule has 1 aliphatic heterocycles. The minimum absolute atomic E-state index is 0.224. The maximum Gasteiger partial charge on any atom is 0.342 e. The largest absolute Gasteiger partial charge is 0.515 e. The number of cyclic esters (lactones) is 1. The minimum Gasteiger partial charge on any atom is -0.515 e. The highest BCUT2D eigenvalue weighted by atomic mass is 16.5. The van der Waals surface area contributed by atoms with Gasteiger partial charge < -0.3 is 9.84 Å². The highest BCUT2D eigenvalue weighted by Gasteiger charge is 2.22. The Morgan fingerprint density at radius 2 is 2.15 bits per heavy atom. The molecule has 0 aliphatic carbocycles. The van der Waals surface area contributed by atoms with Crippen LogP contribution in [0, 0.1) is 0 Å². The summed E-state index contributed by atoms with van der Waals surface area (Å²) in [5.41, 5.74) is 1.89. The van der Waals surface area contributed by atoms with Gasteiger partial charge in [-0.15, -0.1) is 0 Å². The van der Waals surface area contributed by atoms with Gasteiger partial charge in [0.1, 0.15) is 12.2 Å². The Morgan fingerprint density at radius 3 is 2.92 bits per heavy atom. The molecule has 1 aromatic carbocycles. The zero-order valence-corrected chi connectivity index (χ0v) is 6.86. The van der Waals surface area contributed by atoms with Crippen LogP contribution in [-0.2, 0) is 16.1 Å². The number of fused-ring (bicyclic) bond motifs is 1. The molecule has 3 heteroatoms. The van der Waals surface area contributed by atoms with Crippen LogP contribution in [0.5, 0.6) is 0 Å². The van der Waals surface area contributed by atoms with Crippen LogP contribution in [0.4, 0.5) is 0 Å². The third-order valence-corrected chi connectivity index (χ3v) is 2.02. The molecule has 0 unspecified atom stereocenters. The fraction of sp³-hybridized carbons (Fsp3) is 0.100. The monoisotopic (exact) mass is 176 g/mol. The fourth-order valence-electron chi connectivity index (χ4n) is 1.36. The first-order valence-corrected chi connectivity index (χ1v) is 3.92. The molecule has 0 spiro atoms. The minimum atomic E-state index is -0.471. The van der Waals surface area contributed by atoms with Crippen molar-refractivity contribution < 1.29 is 14.6 Å². The normalized spacial score (nSPS) is 18.2. The van der Waals surface area contributed by atoms with Crippen LogP contribution in [0.25, 0.3) is 5.57 Å². The summed E-state index contributed by atoms with van der Waals surface area (Å²) in [6.45, 7) is 0.284. The molecule has 2 rings (SSSR count). The maximum atomic E-state index is 11.1. The number of aliphatic hydroxyl groups excluding tert-OH is 1. The lowest BCUT2D eigenvalue weighted by Crippen LogP contribution is -2.15. The van der Waals surface area contributed by atoms with Crippen molar-refractivity contribution in [3.63, 3.8) is 0 Å². The van der Waals surface area contributed by atoms with Crippen molar-refractivity contribution in [1.29, 1.82) is 0 Å². The van der Waals surface area contributed by atoms with Crippen LogP contribution in [0.1, 0.15) is 11.1 Å². The molecule has 0 bridgehead atoms. The first-order valence-electron chi connectivity index (χ1n) is 3.92. The second-order valence-electron chi connectivity index (χ2n) is 2.78. The Bertz CT molecular complexity index is 380. The number of esters is 1. The molecule has 0 aromatic heterocycles. The maximum absolute atomic E-state index is 11.1. The third kappa shape index (κ3) is 1.18. The molecule has 0 atom stereocenters.